The molecule has 2 aliphatic rings. The maximum Gasteiger partial charge on any atom is 0.414 e. The van der Waals surface area contributed by atoms with E-state index in [2.05, 4.69) is 28.2 Å². The first-order valence-corrected chi connectivity index (χ1v) is 12.1. The van der Waals surface area contributed by atoms with Gasteiger partial charge in [0, 0.05) is 17.9 Å². The van der Waals surface area contributed by atoms with Gasteiger partial charge in [0.1, 0.15) is 29.1 Å². The average Bonchev–Trinajstić information content (AvgIpc) is 3.18. The molecule has 3 N–H and O–H groups in total. The Kier molecular flexibility index (Phi) is 8.62. The average molecular weight is 549 g/mol. The number of carbonyl (C=O) groups is 1. The Morgan fingerprint density at radius 2 is 1.84 bits per heavy atom. The van der Waals surface area contributed by atoms with Crippen LogP contribution in [-0.2, 0) is 11.3 Å². The number of halogens is 4. The number of anilines is 2. The molecule has 1 amide bonds. The molecule has 0 bridgehead atoms. The van der Waals surface area contributed by atoms with Crippen molar-refractivity contribution < 1.29 is 27.1 Å². The van der Waals surface area contributed by atoms with Crippen LogP contribution in [0, 0.1) is 0 Å². The van der Waals surface area contributed by atoms with E-state index in [-0.39, 0.29) is 24.2 Å². The Balaban J connectivity index is 1.39. The Labute approximate surface area is 221 Å². The van der Waals surface area contributed by atoms with E-state index in [9.17, 15) is 22.8 Å². The summed E-state index contributed by atoms with van der Waals surface area (Å²) >= 11 is 4.49. The summed E-state index contributed by atoms with van der Waals surface area (Å²) in [5, 5.41) is 8.10. The molecule has 1 aliphatic heterocycles. The molecule has 0 radical (unpaired) electrons. The number of thiocarbonyl (C=S) groups is 1. The number of hydrogen-bond donors (Lipinski definition) is 3. The molecule has 0 aromatic heterocycles. The van der Waals surface area contributed by atoms with Gasteiger partial charge in [0.25, 0.3) is 6.43 Å². The van der Waals surface area contributed by atoms with Gasteiger partial charge in [-0.2, -0.15) is 0 Å². The van der Waals surface area contributed by atoms with E-state index in [1.807, 2.05) is 30.3 Å². The lowest BCUT2D eigenvalue weighted by atomic mass is 10.0. The number of cyclic esters (lactones) is 1. The third-order valence-corrected chi connectivity index (χ3v) is 6.20. The number of amides is 1. The van der Waals surface area contributed by atoms with Gasteiger partial charge >= 0.3 is 6.09 Å². The van der Waals surface area contributed by atoms with Crippen LogP contribution < -0.4 is 21.4 Å². The molecule has 3 unspecified atom stereocenters. The number of ether oxygens (including phenoxy) is 1. The van der Waals surface area contributed by atoms with Crippen molar-refractivity contribution in [2.24, 2.45) is 0 Å². The number of allylic oxidation sites excluding steroid dienone is 1. The molecular formula is C26H24F4N4O3S. The van der Waals surface area contributed by atoms with E-state index in [1.54, 1.807) is 0 Å². The number of benzene rings is 1. The highest BCUT2D eigenvalue weighted by molar-refractivity contribution is 7.80. The lowest BCUT2D eigenvalue weighted by Gasteiger charge is -2.26. The molecule has 2 aromatic rings. The van der Waals surface area contributed by atoms with Crippen molar-refractivity contribution in [2.75, 3.05) is 23.7 Å². The largest absolute Gasteiger partial charge is 0.442 e. The SMILES string of the molecule is O=C1OC(CNC(=S)C(F)F)CN1C1=CC(F)C(Nc2ccc(NCc3ccccc3)c(=O)cc2)C(F)=C1. The number of alkyl halides is 3. The zero-order chi connectivity index (χ0) is 27.2. The molecule has 1 heterocycles. The van der Waals surface area contributed by atoms with Crippen molar-refractivity contribution in [2.45, 2.75) is 31.3 Å². The minimum absolute atomic E-state index is 0.0511. The van der Waals surface area contributed by atoms with E-state index in [0.29, 0.717) is 17.9 Å². The van der Waals surface area contributed by atoms with E-state index in [4.69, 9.17) is 4.74 Å². The fourth-order valence-electron chi connectivity index (χ4n) is 3.92. The maximum atomic E-state index is 15.0. The highest BCUT2D eigenvalue weighted by atomic mass is 32.1. The van der Waals surface area contributed by atoms with Gasteiger partial charge in [-0.05, 0) is 42.0 Å². The lowest BCUT2D eigenvalue weighted by molar-refractivity contribution is 0.135. The third-order valence-electron chi connectivity index (χ3n) is 5.88. The van der Waals surface area contributed by atoms with Gasteiger partial charge in [-0.15, -0.1) is 0 Å². The van der Waals surface area contributed by atoms with E-state index in [0.717, 1.165) is 22.6 Å². The molecule has 200 valence electrons. The Morgan fingerprint density at radius 1 is 1.11 bits per heavy atom. The first kappa shape index (κ1) is 27.1. The predicted molar refractivity (Wildman–Crippen MR) is 140 cm³/mol. The van der Waals surface area contributed by atoms with Crippen LogP contribution in [0.15, 0.2) is 83.1 Å². The Morgan fingerprint density at radius 3 is 2.55 bits per heavy atom. The summed E-state index contributed by atoms with van der Waals surface area (Å²) in [4.78, 5) is 25.0. The molecule has 1 fully saturated rings. The zero-order valence-electron chi connectivity index (χ0n) is 19.9. The van der Waals surface area contributed by atoms with Gasteiger partial charge in [0.2, 0.25) is 5.43 Å². The van der Waals surface area contributed by atoms with Crippen LogP contribution in [0.5, 0.6) is 0 Å². The molecule has 7 nitrogen and oxygen atoms in total. The summed E-state index contributed by atoms with van der Waals surface area (Å²) in [7, 11) is 0. The zero-order valence-corrected chi connectivity index (χ0v) is 20.7. The number of nitrogens with one attached hydrogen (secondary N) is 3. The maximum absolute atomic E-state index is 15.0. The second-order valence-corrected chi connectivity index (χ2v) is 9.03. The van der Waals surface area contributed by atoms with E-state index in [1.165, 1.54) is 24.3 Å². The number of carbonyl (C=O) groups excluding carboxylic acids is 1. The standard InChI is InChI=1S/C26H24F4N4O3S/c27-19-10-17(34-14-18(37-26(34)36)13-32-25(38)24(29)30)11-20(28)23(19)33-16-6-8-21(22(35)9-7-16)31-12-15-4-2-1-3-5-15/h1-11,18-19,23-24,33H,12-14H2,(H,31,35)(H,32,38). The van der Waals surface area contributed by atoms with Crippen molar-refractivity contribution in [1.82, 2.24) is 10.2 Å². The van der Waals surface area contributed by atoms with Gasteiger partial charge < -0.3 is 20.7 Å². The summed E-state index contributed by atoms with van der Waals surface area (Å²) in [5.41, 5.74) is 1.27. The van der Waals surface area contributed by atoms with Crippen molar-refractivity contribution in [3.05, 3.63) is 94.1 Å². The Bertz CT molecular complexity index is 1310. The number of hydrogen-bond acceptors (Lipinski definition) is 6. The van der Waals surface area contributed by atoms with Crippen LogP contribution in [0.4, 0.5) is 33.7 Å². The highest BCUT2D eigenvalue weighted by Gasteiger charge is 2.37. The molecule has 1 saturated heterocycles. The van der Waals surface area contributed by atoms with Crippen LogP contribution in [0.25, 0.3) is 0 Å². The molecule has 2 aromatic carbocycles. The Hall–Kier alpha value is -3.93. The third kappa shape index (κ3) is 6.68. The highest BCUT2D eigenvalue weighted by Crippen LogP contribution is 2.29. The normalized spacial score (nSPS) is 20.9. The van der Waals surface area contributed by atoms with Crippen LogP contribution >= 0.6 is 12.2 Å². The molecule has 3 atom stereocenters. The fraction of sp³-hybridized carbons (Fsp3) is 0.269. The van der Waals surface area contributed by atoms with Crippen molar-refractivity contribution >= 4 is 34.7 Å². The summed E-state index contributed by atoms with van der Waals surface area (Å²) < 4.78 is 60.2. The molecule has 0 spiro atoms. The van der Waals surface area contributed by atoms with E-state index < -0.39 is 41.7 Å². The topological polar surface area (TPSA) is 82.7 Å². The molecule has 12 heteroatoms. The first-order chi connectivity index (χ1) is 18.2. The molecular weight excluding hydrogens is 524 g/mol. The van der Waals surface area contributed by atoms with Gasteiger partial charge in [-0.25, -0.2) is 22.4 Å². The number of nitrogens with zero attached hydrogens (tertiary/aromatic N) is 1. The second kappa shape index (κ2) is 12.1. The molecule has 4 rings (SSSR count). The fourth-order valence-corrected chi connectivity index (χ4v) is 4.00. The van der Waals surface area contributed by atoms with Crippen LogP contribution in [0.2, 0.25) is 0 Å². The minimum atomic E-state index is -2.85. The first-order valence-electron chi connectivity index (χ1n) is 11.7. The van der Waals surface area contributed by atoms with Gasteiger partial charge in [0.15, 0.2) is 0 Å². The van der Waals surface area contributed by atoms with Crippen molar-refractivity contribution in [3.8, 4) is 0 Å². The predicted octanol–water partition coefficient (Wildman–Crippen LogP) is 4.53. The molecule has 38 heavy (non-hydrogen) atoms. The number of rotatable bonds is 9. The van der Waals surface area contributed by atoms with Gasteiger partial charge in [0.05, 0.1) is 18.8 Å². The van der Waals surface area contributed by atoms with Crippen molar-refractivity contribution in [1.29, 1.82) is 0 Å². The van der Waals surface area contributed by atoms with E-state index >= 15 is 4.39 Å². The van der Waals surface area contributed by atoms with Crippen LogP contribution in [-0.4, -0.2) is 53.8 Å². The minimum Gasteiger partial charge on any atom is -0.442 e. The smallest absolute Gasteiger partial charge is 0.414 e. The summed E-state index contributed by atoms with van der Waals surface area (Å²) in [6.45, 7) is 0.165. The van der Waals surface area contributed by atoms with Crippen LogP contribution in [0.3, 0.4) is 0 Å². The van der Waals surface area contributed by atoms with Crippen molar-refractivity contribution in [3.63, 3.8) is 0 Å². The monoisotopic (exact) mass is 548 g/mol. The quantitative estimate of drug-likeness (QED) is 0.314. The lowest BCUT2D eigenvalue weighted by Crippen LogP contribution is -2.37. The van der Waals surface area contributed by atoms with Gasteiger partial charge in [-0.1, -0.05) is 42.5 Å². The summed E-state index contributed by atoms with van der Waals surface area (Å²) in [5.74, 6) is -0.875. The summed E-state index contributed by atoms with van der Waals surface area (Å²) in [6.07, 6.45) is -4.33. The molecule has 1 aliphatic carbocycles. The molecule has 0 saturated carbocycles. The second-order valence-electron chi connectivity index (χ2n) is 8.59. The van der Waals surface area contributed by atoms with Crippen LogP contribution in [0.1, 0.15) is 5.56 Å². The summed E-state index contributed by atoms with van der Waals surface area (Å²) in [6, 6.07) is 13.9. The van der Waals surface area contributed by atoms with Gasteiger partial charge in [-0.3, -0.25) is 9.69 Å².